The molecule has 1 aliphatic rings. The maximum atomic E-state index is 2.30. The molecule has 0 saturated heterocycles. The third kappa shape index (κ3) is 0.931. The zero-order chi connectivity index (χ0) is 6.15. The van der Waals surface area contributed by atoms with Gasteiger partial charge in [-0.2, -0.15) is 0 Å². The molecule has 0 aromatic heterocycles. The molecule has 0 nitrogen and oxygen atoms in total. The summed E-state index contributed by atoms with van der Waals surface area (Å²) in [4.78, 5) is 0. The second kappa shape index (κ2) is 2.15. The minimum absolute atomic E-state index is 1.21. The van der Waals surface area contributed by atoms with Crippen molar-refractivity contribution in [3.05, 3.63) is 21.3 Å². The Bertz CT molecular complexity index is 158. The van der Waals surface area contributed by atoms with Crippen molar-refractivity contribution in [1.29, 1.82) is 0 Å². The van der Waals surface area contributed by atoms with Crippen LogP contribution in [0.15, 0.2) is 21.3 Å². The first-order valence-electron chi connectivity index (χ1n) is 2.84. The summed E-state index contributed by atoms with van der Waals surface area (Å²) in [5, 5.41) is 0. The predicted molar refractivity (Wildman–Crippen MR) is 36.8 cm³/mol. The fraction of sp³-hybridized carbons (Fsp3) is 0.429. The molecule has 0 unspecified atom stereocenters. The summed E-state index contributed by atoms with van der Waals surface area (Å²) in [5.41, 5.74) is 2.99. The second-order valence-corrected chi connectivity index (χ2v) is 3.70. The third-order valence-electron chi connectivity index (χ3n) is 1.70. The maximum absolute atomic E-state index is 2.30. The summed E-state index contributed by atoms with van der Waals surface area (Å²) in [6.07, 6.45) is 3.50. The van der Waals surface area contributed by atoms with Gasteiger partial charge in [0.15, 0.2) is 0 Å². The van der Waals surface area contributed by atoms with E-state index in [-0.39, 0.29) is 0 Å². The monoisotopic (exact) mass is 162 g/mol. The molecule has 0 spiro atoms. The van der Waals surface area contributed by atoms with Gasteiger partial charge in [-0.05, 0) is 0 Å². The molecule has 0 atom stereocenters. The normalized spacial score (nSPS) is 19.5. The SMILES string of the molecule is CC1=CC[C]([Ga])=C1C. The molecule has 0 aromatic carbocycles. The van der Waals surface area contributed by atoms with E-state index in [1.165, 1.54) is 17.6 Å². The van der Waals surface area contributed by atoms with Crippen LogP contribution in [0.5, 0.6) is 0 Å². The van der Waals surface area contributed by atoms with Gasteiger partial charge in [0.1, 0.15) is 0 Å². The Labute approximate surface area is 60.6 Å². The Morgan fingerprint density at radius 2 is 2.12 bits per heavy atom. The molecule has 1 heteroatoms. The van der Waals surface area contributed by atoms with E-state index in [0.717, 1.165) is 0 Å². The number of rotatable bonds is 0. The van der Waals surface area contributed by atoms with Crippen molar-refractivity contribution >= 4 is 18.6 Å². The van der Waals surface area contributed by atoms with Crippen LogP contribution in [0, 0.1) is 0 Å². The van der Waals surface area contributed by atoms with E-state index in [1.54, 1.807) is 22.7 Å². The van der Waals surface area contributed by atoms with Gasteiger partial charge in [-0.1, -0.05) is 0 Å². The Morgan fingerprint density at radius 3 is 2.25 bits per heavy atom. The first-order chi connectivity index (χ1) is 3.72. The number of hydrogen-bond donors (Lipinski definition) is 0. The first kappa shape index (κ1) is 6.24. The van der Waals surface area contributed by atoms with Crippen molar-refractivity contribution in [2.24, 2.45) is 0 Å². The standard InChI is InChI=1S/C7H9.Ga/c1-6-4-3-5-7(6)2;/h4H,3H2,1-2H3;. The van der Waals surface area contributed by atoms with E-state index in [0.29, 0.717) is 0 Å². The second-order valence-electron chi connectivity index (χ2n) is 2.24. The Kier molecular flexibility index (Phi) is 1.68. The van der Waals surface area contributed by atoms with Crippen LogP contribution in [-0.4, -0.2) is 18.6 Å². The molecule has 0 aliphatic heterocycles. The van der Waals surface area contributed by atoms with Crippen molar-refractivity contribution < 1.29 is 0 Å². The van der Waals surface area contributed by atoms with Crippen molar-refractivity contribution in [3.8, 4) is 0 Å². The van der Waals surface area contributed by atoms with Gasteiger partial charge in [-0.3, -0.25) is 0 Å². The van der Waals surface area contributed by atoms with Crippen molar-refractivity contribution in [2.75, 3.05) is 0 Å². The van der Waals surface area contributed by atoms with Gasteiger partial charge in [0, 0.05) is 0 Å². The molecule has 2 radical (unpaired) electrons. The minimum atomic E-state index is 1.21. The fourth-order valence-corrected chi connectivity index (χ4v) is 1.55. The average Bonchev–Trinajstić information content (AvgIpc) is 1.98. The predicted octanol–water partition coefficient (Wildman–Crippen LogP) is 1.78. The first-order valence-corrected chi connectivity index (χ1v) is 4.05. The zero-order valence-corrected chi connectivity index (χ0v) is 7.78. The van der Waals surface area contributed by atoms with E-state index in [9.17, 15) is 0 Å². The Balaban J connectivity index is 2.88. The molecule has 0 saturated carbocycles. The van der Waals surface area contributed by atoms with Gasteiger partial charge in [0.05, 0.1) is 0 Å². The van der Waals surface area contributed by atoms with Crippen LogP contribution in [0.25, 0.3) is 0 Å². The summed E-state index contributed by atoms with van der Waals surface area (Å²) in [6, 6.07) is 0. The Hall–Kier alpha value is 0.116. The van der Waals surface area contributed by atoms with Crippen LogP contribution in [0.3, 0.4) is 0 Å². The quantitative estimate of drug-likeness (QED) is 0.477. The van der Waals surface area contributed by atoms with Gasteiger partial charge < -0.3 is 0 Å². The third-order valence-corrected chi connectivity index (χ3v) is 3.10. The van der Waals surface area contributed by atoms with E-state index in [4.69, 9.17) is 0 Å². The summed E-state index contributed by atoms with van der Waals surface area (Å²) < 4.78 is 1.59. The van der Waals surface area contributed by atoms with E-state index in [1.807, 2.05) is 0 Å². The molecular formula is C7H9Ga. The van der Waals surface area contributed by atoms with Crippen LogP contribution in [0.4, 0.5) is 0 Å². The summed E-state index contributed by atoms with van der Waals surface area (Å²) in [7, 11) is 0. The molecule has 1 rings (SSSR count). The van der Waals surface area contributed by atoms with Crippen LogP contribution >= 0.6 is 0 Å². The summed E-state index contributed by atoms with van der Waals surface area (Å²) >= 11 is 1.77. The molecule has 0 heterocycles. The van der Waals surface area contributed by atoms with Gasteiger partial charge in [-0.15, -0.1) is 0 Å². The zero-order valence-electron chi connectivity index (χ0n) is 5.36. The van der Waals surface area contributed by atoms with Crippen LogP contribution < -0.4 is 0 Å². The fourth-order valence-electron chi connectivity index (χ4n) is 0.822. The number of hydrogen-bond acceptors (Lipinski definition) is 0. The molecule has 8 heavy (non-hydrogen) atoms. The average molecular weight is 163 g/mol. The van der Waals surface area contributed by atoms with Gasteiger partial charge in [0.2, 0.25) is 0 Å². The van der Waals surface area contributed by atoms with E-state index < -0.39 is 0 Å². The van der Waals surface area contributed by atoms with Crippen LogP contribution in [0.2, 0.25) is 0 Å². The van der Waals surface area contributed by atoms with Crippen molar-refractivity contribution in [3.63, 3.8) is 0 Å². The Morgan fingerprint density at radius 1 is 1.50 bits per heavy atom. The summed E-state index contributed by atoms with van der Waals surface area (Å²) in [6.45, 7) is 4.39. The molecule has 0 aromatic rings. The topological polar surface area (TPSA) is 0 Å². The van der Waals surface area contributed by atoms with Gasteiger partial charge >= 0.3 is 60.2 Å². The molecule has 0 bridgehead atoms. The molecular weight excluding hydrogens is 154 g/mol. The van der Waals surface area contributed by atoms with E-state index >= 15 is 0 Å². The molecule has 0 fully saturated rings. The van der Waals surface area contributed by atoms with Crippen LogP contribution in [-0.2, 0) is 0 Å². The van der Waals surface area contributed by atoms with E-state index in [2.05, 4.69) is 19.9 Å². The number of allylic oxidation sites excluding steroid dienone is 4. The molecule has 1 aliphatic carbocycles. The molecule has 0 amide bonds. The van der Waals surface area contributed by atoms with Crippen LogP contribution in [0.1, 0.15) is 20.3 Å². The summed E-state index contributed by atoms with van der Waals surface area (Å²) in [5.74, 6) is 0. The molecule has 40 valence electrons. The van der Waals surface area contributed by atoms with Gasteiger partial charge in [-0.25, -0.2) is 0 Å². The van der Waals surface area contributed by atoms with Crippen molar-refractivity contribution in [1.82, 2.24) is 0 Å². The molecule has 0 N–H and O–H groups in total. The van der Waals surface area contributed by atoms with Gasteiger partial charge in [0.25, 0.3) is 0 Å². The van der Waals surface area contributed by atoms with Crippen molar-refractivity contribution in [2.45, 2.75) is 20.3 Å².